The van der Waals surface area contributed by atoms with Crippen molar-refractivity contribution in [2.24, 2.45) is 5.92 Å². The van der Waals surface area contributed by atoms with Gasteiger partial charge in [0.15, 0.2) is 5.75 Å². The molecule has 0 unspecified atom stereocenters. The Morgan fingerprint density at radius 3 is 2.31 bits per heavy atom. The zero-order valence-electron chi connectivity index (χ0n) is 19.6. The van der Waals surface area contributed by atoms with Gasteiger partial charge in [-0.1, -0.05) is 30.1 Å². The van der Waals surface area contributed by atoms with E-state index < -0.39 is 0 Å². The summed E-state index contributed by atoms with van der Waals surface area (Å²) in [7, 11) is 0. The van der Waals surface area contributed by atoms with E-state index in [9.17, 15) is 0 Å². The average molecular weight is 512 g/mol. The zero-order valence-corrected chi connectivity index (χ0v) is 21.1. The maximum absolute atomic E-state index is 6.28. The summed E-state index contributed by atoms with van der Waals surface area (Å²) >= 11 is 12.6. The monoisotopic (exact) mass is 511 g/mol. The maximum atomic E-state index is 6.28. The van der Waals surface area contributed by atoms with Gasteiger partial charge in [-0.2, -0.15) is 0 Å². The van der Waals surface area contributed by atoms with Crippen LogP contribution in [-0.2, 0) is 6.54 Å². The molecule has 0 atom stereocenters. The molecule has 2 saturated heterocycles. The van der Waals surface area contributed by atoms with Crippen molar-refractivity contribution < 1.29 is 4.74 Å². The fourth-order valence-corrected chi connectivity index (χ4v) is 4.99. The Morgan fingerprint density at radius 1 is 0.943 bits per heavy atom. The van der Waals surface area contributed by atoms with Gasteiger partial charge in [-0.3, -0.25) is 4.90 Å². The predicted octanol–water partition coefficient (Wildman–Crippen LogP) is 5.09. The molecule has 2 aromatic heterocycles. The van der Waals surface area contributed by atoms with Crippen molar-refractivity contribution in [3.8, 4) is 22.9 Å². The molecule has 1 aromatic carbocycles. The minimum absolute atomic E-state index is 0.485. The Hall–Kier alpha value is -2.45. The Bertz CT molecular complexity index is 1120. The maximum Gasteiger partial charge on any atom is 0.225 e. The second-order valence-corrected chi connectivity index (χ2v) is 10.0. The standard InChI is InChI=1S/C26H29Cl2N6O/c1-18-2-6-33(7-3-18)17-19-10-24(20-12-21(27)14-22(28)13-20)32-25(11-19)35-23-15-30-26(31-16-23)34-8-4-29-5-9-34/h10-16,18,29H,1-9,17H2. The molecule has 0 bridgehead atoms. The molecule has 35 heavy (non-hydrogen) atoms. The highest BCUT2D eigenvalue weighted by Crippen LogP contribution is 2.30. The van der Waals surface area contributed by atoms with Gasteiger partial charge in [0.1, 0.15) is 0 Å². The second-order valence-electron chi connectivity index (χ2n) is 9.13. The van der Waals surface area contributed by atoms with Crippen molar-refractivity contribution in [3.63, 3.8) is 0 Å². The molecule has 0 aliphatic carbocycles. The summed E-state index contributed by atoms with van der Waals surface area (Å²) in [6, 6.07) is 9.51. The van der Waals surface area contributed by atoms with Gasteiger partial charge < -0.3 is 15.0 Å². The molecule has 2 fully saturated rings. The van der Waals surface area contributed by atoms with E-state index in [1.807, 2.05) is 18.2 Å². The van der Waals surface area contributed by atoms with Gasteiger partial charge in [-0.15, -0.1) is 0 Å². The van der Waals surface area contributed by atoms with E-state index in [0.717, 1.165) is 75.5 Å². The Balaban J connectivity index is 1.40. The zero-order chi connectivity index (χ0) is 24.2. The van der Waals surface area contributed by atoms with Gasteiger partial charge in [-0.25, -0.2) is 15.0 Å². The van der Waals surface area contributed by atoms with Crippen LogP contribution in [0.5, 0.6) is 11.6 Å². The first-order valence-corrected chi connectivity index (χ1v) is 12.8. The highest BCUT2D eigenvalue weighted by Gasteiger charge is 2.18. The molecular weight excluding hydrogens is 483 g/mol. The van der Waals surface area contributed by atoms with Crippen molar-refractivity contribution >= 4 is 29.2 Å². The van der Waals surface area contributed by atoms with Crippen molar-refractivity contribution in [1.82, 2.24) is 25.2 Å². The summed E-state index contributed by atoms with van der Waals surface area (Å²) in [6.07, 6.45) is 5.63. The van der Waals surface area contributed by atoms with Crippen molar-refractivity contribution in [2.75, 3.05) is 44.2 Å². The lowest BCUT2D eigenvalue weighted by molar-refractivity contribution is 0.194. The number of aromatic nitrogens is 3. The molecule has 0 amide bonds. The minimum Gasteiger partial charge on any atom is -0.436 e. The highest BCUT2D eigenvalue weighted by molar-refractivity contribution is 6.35. The first-order chi connectivity index (χ1) is 17.0. The van der Waals surface area contributed by atoms with E-state index in [4.69, 9.17) is 32.9 Å². The molecule has 183 valence electrons. The smallest absolute Gasteiger partial charge is 0.225 e. The lowest BCUT2D eigenvalue weighted by Crippen LogP contribution is -2.44. The molecule has 2 aliphatic rings. The van der Waals surface area contributed by atoms with Crippen LogP contribution in [0.2, 0.25) is 10.0 Å². The van der Waals surface area contributed by atoms with Gasteiger partial charge in [0.25, 0.3) is 0 Å². The molecule has 7 nitrogen and oxygen atoms in total. The van der Waals surface area contributed by atoms with Gasteiger partial charge in [-0.05, 0) is 61.7 Å². The van der Waals surface area contributed by atoms with Crippen molar-refractivity contribution in [1.29, 1.82) is 0 Å². The van der Waals surface area contributed by atoms with Gasteiger partial charge in [0, 0.05) is 54.4 Å². The van der Waals surface area contributed by atoms with Gasteiger partial charge in [0.2, 0.25) is 11.8 Å². The van der Waals surface area contributed by atoms with Crippen LogP contribution in [0, 0.1) is 12.8 Å². The van der Waals surface area contributed by atoms with Crippen LogP contribution in [-0.4, -0.2) is 59.1 Å². The van der Waals surface area contributed by atoms with Crippen LogP contribution in [0.15, 0.2) is 42.7 Å². The summed E-state index contributed by atoms with van der Waals surface area (Å²) in [4.78, 5) is 18.4. The first-order valence-electron chi connectivity index (χ1n) is 12.0. The number of rotatable bonds is 6. The van der Waals surface area contributed by atoms with Crippen LogP contribution >= 0.6 is 23.2 Å². The Kier molecular flexibility index (Phi) is 7.68. The molecule has 2 aliphatic heterocycles. The van der Waals surface area contributed by atoms with Gasteiger partial charge >= 0.3 is 0 Å². The average Bonchev–Trinajstić information content (AvgIpc) is 2.86. The molecule has 9 heteroatoms. The second kappa shape index (κ2) is 11.1. The van der Waals surface area contributed by atoms with Crippen LogP contribution in [0.3, 0.4) is 0 Å². The number of piperidine rings is 1. The van der Waals surface area contributed by atoms with E-state index in [2.05, 4.69) is 38.1 Å². The molecule has 0 saturated carbocycles. The summed E-state index contributed by atoms with van der Waals surface area (Å²) in [5.41, 5.74) is 2.71. The van der Waals surface area contributed by atoms with Crippen molar-refractivity contribution in [3.05, 3.63) is 65.3 Å². The molecule has 0 spiro atoms. The third kappa shape index (κ3) is 6.41. The third-order valence-corrected chi connectivity index (χ3v) is 6.81. The largest absolute Gasteiger partial charge is 0.436 e. The van der Waals surface area contributed by atoms with Gasteiger partial charge in [0.05, 0.1) is 18.1 Å². The summed E-state index contributed by atoms with van der Waals surface area (Å²) in [5.74, 6) is 2.28. The number of anilines is 1. The number of benzene rings is 1. The predicted molar refractivity (Wildman–Crippen MR) is 140 cm³/mol. The SMILES string of the molecule is [CH2]C1CCN(Cc2cc(Oc3cnc(N4CCNCC4)nc3)nc(-c3cc(Cl)cc(Cl)c3)c2)CC1. The number of pyridine rings is 1. The molecule has 1 radical (unpaired) electrons. The van der Waals surface area contributed by atoms with Crippen LogP contribution < -0.4 is 15.0 Å². The summed E-state index contributed by atoms with van der Waals surface area (Å²) < 4.78 is 6.13. The topological polar surface area (TPSA) is 66.4 Å². The Morgan fingerprint density at radius 2 is 1.63 bits per heavy atom. The van der Waals surface area contributed by atoms with E-state index in [0.29, 0.717) is 33.5 Å². The van der Waals surface area contributed by atoms with Crippen LogP contribution in [0.25, 0.3) is 11.3 Å². The number of hydrogen-bond acceptors (Lipinski definition) is 7. The van der Waals surface area contributed by atoms with E-state index in [1.54, 1.807) is 18.5 Å². The molecule has 1 N–H and O–H groups in total. The fourth-order valence-electron chi connectivity index (χ4n) is 4.47. The van der Waals surface area contributed by atoms with E-state index in [-0.39, 0.29) is 0 Å². The number of likely N-dealkylation sites (tertiary alicyclic amines) is 1. The fraction of sp³-hybridized carbons (Fsp3) is 0.385. The summed E-state index contributed by atoms with van der Waals surface area (Å²) in [5, 5.41) is 4.47. The molecule has 5 rings (SSSR count). The third-order valence-electron chi connectivity index (χ3n) is 6.37. The van der Waals surface area contributed by atoms with Crippen LogP contribution in [0.1, 0.15) is 18.4 Å². The first kappa shape index (κ1) is 24.3. The number of hydrogen-bond donors (Lipinski definition) is 1. The molecular formula is C26H29Cl2N6O. The number of halogens is 2. The highest BCUT2D eigenvalue weighted by atomic mass is 35.5. The number of nitrogens with one attached hydrogen (secondary N) is 1. The molecule has 3 aromatic rings. The quantitative estimate of drug-likeness (QED) is 0.494. The van der Waals surface area contributed by atoms with Crippen LogP contribution in [0.4, 0.5) is 5.95 Å². The number of nitrogens with zero attached hydrogens (tertiary/aromatic N) is 5. The summed E-state index contributed by atoms with van der Waals surface area (Å²) in [6.45, 7) is 10.7. The number of ether oxygens (including phenoxy) is 1. The van der Waals surface area contributed by atoms with E-state index in [1.165, 1.54) is 0 Å². The number of piperazine rings is 1. The lowest BCUT2D eigenvalue weighted by Gasteiger charge is -2.30. The van der Waals surface area contributed by atoms with Crippen molar-refractivity contribution in [2.45, 2.75) is 19.4 Å². The van der Waals surface area contributed by atoms with E-state index >= 15 is 0 Å². The molecule has 4 heterocycles. The minimum atomic E-state index is 0.485. The lowest BCUT2D eigenvalue weighted by atomic mass is 9.99. The normalized spacial score (nSPS) is 17.5. The Labute approximate surface area is 216 Å².